The van der Waals surface area contributed by atoms with E-state index >= 15 is 0 Å². The van der Waals surface area contributed by atoms with Crippen LogP contribution < -0.4 is 0 Å². The SMILES string of the molecule is COC(C)C1(C)C(CO)C1(C)C. The predicted octanol–water partition coefficient (Wildman–Crippen LogP) is 1.68. The smallest absolute Gasteiger partial charge is 0.0605 e. The molecule has 12 heavy (non-hydrogen) atoms. The topological polar surface area (TPSA) is 29.5 Å². The predicted molar refractivity (Wildman–Crippen MR) is 48.9 cm³/mol. The first-order valence-corrected chi connectivity index (χ1v) is 4.56. The van der Waals surface area contributed by atoms with Crippen molar-refractivity contribution in [1.29, 1.82) is 0 Å². The van der Waals surface area contributed by atoms with E-state index in [1.165, 1.54) is 0 Å². The van der Waals surface area contributed by atoms with Crippen LogP contribution in [0.5, 0.6) is 0 Å². The Hall–Kier alpha value is -0.0800. The van der Waals surface area contributed by atoms with Gasteiger partial charge in [-0.3, -0.25) is 0 Å². The van der Waals surface area contributed by atoms with Gasteiger partial charge in [-0.2, -0.15) is 0 Å². The highest BCUT2D eigenvalue weighted by Crippen LogP contribution is 2.70. The summed E-state index contributed by atoms with van der Waals surface area (Å²) in [5, 5.41) is 9.17. The van der Waals surface area contributed by atoms with Crippen LogP contribution in [-0.4, -0.2) is 24.9 Å². The van der Waals surface area contributed by atoms with Crippen molar-refractivity contribution < 1.29 is 9.84 Å². The highest BCUT2D eigenvalue weighted by Gasteiger charge is 2.69. The van der Waals surface area contributed by atoms with Crippen molar-refractivity contribution in [2.45, 2.75) is 33.8 Å². The zero-order valence-corrected chi connectivity index (χ0v) is 8.72. The van der Waals surface area contributed by atoms with E-state index in [4.69, 9.17) is 9.84 Å². The largest absolute Gasteiger partial charge is 0.396 e. The third-order valence-corrected chi connectivity index (χ3v) is 4.28. The molecule has 0 aromatic rings. The summed E-state index contributed by atoms with van der Waals surface area (Å²) in [6, 6.07) is 0. The van der Waals surface area contributed by atoms with Gasteiger partial charge in [0.15, 0.2) is 0 Å². The molecule has 0 bridgehead atoms. The van der Waals surface area contributed by atoms with Crippen LogP contribution in [0.1, 0.15) is 27.7 Å². The second kappa shape index (κ2) is 2.71. The maximum Gasteiger partial charge on any atom is 0.0605 e. The fourth-order valence-electron chi connectivity index (χ4n) is 2.61. The van der Waals surface area contributed by atoms with E-state index in [-0.39, 0.29) is 23.5 Å². The van der Waals surface area contributed by atoms with E-state index in [0.29, 0.717) is 5.92 Å². The van der Waals surface area contributed by atoms with Gasteiger partial charge >= 0.3 is 0 Å². The molecule has 1 saturated carbocycles. The van der Waals surface area contributed by atoms with Crippen LogP contribution in [0, 0.1) is 16.7 Å². The minimum atomic E-state index is 0.149. The second-order valence-electron chi connectivity index (χ2n) is 4.62. The molecular formula is C10H20O2. The van der Waals surface area contributed by atoms with Crippen LogP contribution in [-0.2, 0) is 4.74 Å². The molecule has 0 aromatic carbocycles. The van der Waals surface area contributed by atoms with Gasteiger partial charge in [-0.1, -0.05) is 20.8 Å². The number of hydrogen-bond donors (Lipinski definition) is 1. The fourth-order valence-corrected chi connectivity index (χ4v) is 2.61. The molecule has 2 nitrogen and oxygen atoms in total. The summed E-state index contributed by atoms with van der Waals surface area (Å²) in [4.78, 5) is 0. The maximum atomic E-state index is 9.17. The monoisotopic (exact) mass is 172 g/mol. The molecule has 1 rings (SSSR count). The normalized spacial score (nSPS) is 41.0. The number of hydrogen-bond acceptors (Lipinski definition) is 2. The minimum absolute atomic E-state index is 0.149. The first kappa shape index (κ1) is 10.0. The van der Waals surface area contributed by atoms with Crippen molar-refractivity contribution in [2.75, 3.05) is 13.7 Å². The van der Waals surface area contributed by atoms with Gasteiger partial charge in [0.1, 0.15) is 0 Å². The highest BCUT2D eigenvalue weighted by atomic mass is 16.5. The second-order valence-corrected chi connectivity index (χ2v) is 4.62. The van der Waals surface area contributed by atoms with Crippen LogP contribution in [0.4, 0.5) is 0 Å². The molecule has 1 aliphatic rings. The first-order valence-electron chi connectivity index (χ1n) is 4.56. The summed E-state index contributed by atoms with van der Waals surface area (Å²) >= 11 is 0. The summed E-state index contributed by atoms with van der Waals surface area (Å²) in [5.74, 6) is 0.389. The van der Waals surface area contributed by atoms with Gasteiger partial charge in [-0.05, 0) is 18.3 Å². The summed E-state index contributed by atoms with van der Waals surface area (Å²) in [5.41, 5.74) is 0.369. The lowest BCUT2D eigenvalue weighted by atomic mass is 9.93. The van der Waals surface area contributed by atoms with E-state index < -0.39 is 0 Å². The van der Waals surface area contributed by atoms with Gasteiger partial charge in [-0.25, -0.2) is 0 Å². The van der Waals surface area contributed by atoms with Crippen molar-refractivity contribution in [3.8, 4) is 0 Å². The number of methoxy groups -OCH3 is 1. The number of aliphatic hydroxyl groups excluding tert-OH is 1. The van der Waals surface area contributed by atoms with Crippen LogP contribution in [0.3, 0.4) is 0 Å². The zero-order chi connectivity index (χ0) is 9.57. The van der Waals surface area contributed by atoms with E-state index in [9.17, 15) is 0 Å². The summed E-state index contributed by atoms with van der Waals surface area (Å²) in [6.07, 6.45) is 0.227. The van der Waals surface area contributed by atoms with Crippen molar-refractivity contribution in [3.05, 3.63) is 0 Å². The Labute approximate surface area is 74.9 Å². The van der Waals surface area contributed by atoms with Crippen LogP contribution in [0.15, 0.2) is 0 Å². The molecule has 0 aromatic heterocycles. The average molecular weight is 172 g/mol. The lowest BCUT2D eigenvalue weighted by Crippen LogP contribution is -2.23. The first-order chi connectivity index (χ1) is 5.42. The number of rotatable bonds is 3. The Balaban J connectivity index is 2.76. The Bertz CT molecular complexity index is 177. The molecule has 1 aliphatic carbocycles. The summed E-state index contributed by atoms with van der Waals surface area (Å²) < 4.78 is 5.33. The van der Waals surface area contributed by atoms with E-state index in [1.807, 2.05) is 0 Å². The average Bonchev–Trinajstić information content (AvgIpc) is 2.46. The fraction of sp³-hybridized carbons (Fsp3) is 1.00. The molecule has 0 saturated heterocycles. The van der Waals surface area contributed by atoms with Gasteiger partial charge in [0.25, 0.3) is 0 Å². The molecule has 72 valence electrons. The number of ether oxygens (including phenoxy) is 1. The molecule has 0 radical (unpaired) electrons. The third-order valence-electron chi connectivity index (χ3n) is 4.28. The maximum absolute atomic E-state index is 9.17. The molecular weight excluding hydrogens is 152 g/mol. The van der Waals surface area contributed by atoms with Gasteiger partial charge in [0, 0.05) is 19.1 Å². The van der Waals surface area contributed by atoms with Gasteiger partial charge in [-0.15, -0.1) is 0 Å². The van der Waals surface area contributed by atoms with Crippen molar-refractivity contribution in [2.24, 2.45) is 16.7 Å². The highest BCUT2D eigenvalue weighted by molar-refractivity contribution is 5.17. The third kappa shape index (κ3) is 0.944. The van der Waals surface area contributed by atoms with Crippen LogP contribution in [0.25, 0.3) is 0 Å². The molecule has 3 unspecified atom stereocenters. The molecule has 1 fully saturated rings. The number of aliphatic hydroxyl groups is 1. The lowest BCUT2D eigenvalue weighted by Gasteiger charge is -2.21. The molecule has 0 aliphatic heterocycles. The van der Waals surface area contributed by atoms with E-state index in [0.717, 1.165) is 0 Å². The molecule has 0 spiro atoms. The quantitative estimate of drug-likeness (QED) is 0.701. The van der Waals surface area contributed by atoms with Crippen LogP contribution >= 0.6 is 0 Å². The summed E-state index contributed by atoms with van der Waals surface area (Å²) in [7, 11) is 1.73. The van der Waals surface area contributed by atoms with Gasteiger partial charge in [0.2, 0.25) is 0 Å². The van der Waals surface area contributed by atoms with Crippen LogP contribution in [0.2, 0.25) is 0 Å². The molecule has 3 atom stereocenters. The standard InChI is InChI=1S/C10H20O2/c1-7(12-5)10(4)8(6-11)9(10,2)3/h7-8,11H,6H2,1-5H3. The molecule has 0 amide bonds. The Kier molecular flexibility index (Phi) is 2.26. The summed E-state index contributed by atoms with van der Waals surface area (Å²) in [6.45, 7) is 8.95. The van der Waals surface area contributed by atoms with E-state index in [2.05, 4.69) is 27.7 Å². The van der Waals surface area contributed by atoms with E-state index in [1.54, 1.807) is 7.11 Å². The Morgan fingerprint density at radius 3 is 2.17 bits per heavy atom. The minimum Gasteiger partial charge on any atom is -0.396 e. The Morgan fingerprint density at radius 2 is 1.92 bits per heavy atom. The Morgan fingerprint density at radius 1 is 1.42 bits per heavy atom. The van der Waals surface area contributed by atoms with Crippen molar-refractivity contribution in [1.82, 2.24) is 0 Å². The zero-order valence-electron chi connectivity index (χ0n) is 8.72. The van der Waals surface area contributed by atoms with Crippen molar-refractivity contribution in [3.63, 3.8) is 0 Å². The van der Waals surface area contributed by atoms with Gasteiger partial charge < -0.3 is 9.84 Å². The van der Waals surface area contributed by atoms with Crippen molar-refractivity contribution >= 4 is 0 Å². The lowest BCUT2D eigenvalue weighted by molar-refractivity contribution is 0.0392. The molecule has 2 heteroatoms. The molecule has 0 heterocycles. The van der Waals surface area contributed by atoms with Gasteiger partial charge in [0.05, 0.1) is 6.10 Å². The molecule has 1 N–H and O–H groups in total.